The molecule has 0 fully saturated rings. The Labute approximate surface area is 124 Å². The number of carbonyl (C=O) groups is 1. The van der Waals surface area contributed by atoms with Crippen molar-refractivity contribution in [2.24, 2.45) is 0 Å². The van der Waals surface area contributed by atoms with Crippen LogP contribution in [0.1, 0.15) is 17.2 Å². The van der Waals surface area contributed by atoms with Crippen molar-refractivity contribution in [3.05, 3.63) is 63.9 Å². The lowest BCUT2D eigenvalue weighted by atomic mass is 10.1. The summed E-state index contributed by atoms with van der Waals surface area (Å²) in [7, 11) is 0. The summed E-state index contributed by atoms with van der Waals surface area (Å²) in [6, 6.07) is 11.7. The minimum Gasteiger partial charge on any atom is -0.324 e. The topological polar surface area (TPSA) is 41.1 Å². The zero-order valence-corrected chi connectivity index (χ0v) is 12.1. The fraction of sp³-hybridized carbons (Fsp3) is 0.133. The van der Waals surface area contributed by atoms with Crippen LogP contribution in [0.3, 0.4) is 0 Å². The summed E-state index contributed by atoms with van der Waals surface area (Å²) in [5.41, 5.74) is 2.22. The summed E-state index contributed by atoms with van der Waals surface area (Å²) in [6.45, 7) is 0.302. The quantitative estimate of drug-likeness (QED) is 0.903. The standard InChI is InChI=1S/C15H12BrFN2O/c16-10-5-6-13-11(7-10)14(15(20)19-13)18-8-9-3-1-2-4-12(9)17/h1-7,14,18H,8H2,(H,19,20). The predicted octanol–water partition coefficient (Wildman–Crippen LogP) is 3.37. The molecule has 0 aromatic heterocycles. The summed E-state index contributed by atoms with van der Waals surface area (Å²) in [5, 5.41) is 5.91. The van der Waals surface area contributed by atoms with Gasteiger partial charge in [-0.15, -0.1) is 0 Å². The second kappa shape index (κ2) is 5.34. The van der Waals surface area contributed by atoms with Crippen LogP contribution in [-0.4, -0.2) is 5.91 Å². The molecule has 1 unspecified atom stereocenters. The lowest BCUT2D eigenvalue weighted by Gasteiger charge is -2.12. The number of nitrogens with one attached hydrogen (secondary N) is 2. The maximum absolute atomic E-state index is 13.6. The molecule has 5 heteroatoms. The summed E-state index contributed by atoms with van der Waals surface area (Å²) >= 11 is 3.39. The molecule has 1 aliphatic heterocycles. The van der Waals surface area contributed by atoms with E-state index in [-0.39, 0.29) is 11.7 Å². The average Bonchev–Trinajstić information content (AvgIpc) is 2.73. The Bertz CT molecular complexity index is 675. The summed E-state index contributed by atoms with van der Waals surface area (Å²) in [6.07, 6.45) is 0. The third kappa shape index (κ3) is 2.46. The number of carbonyl (C=O) groups excluding carboxylic acids is 1. The Balaban J connectivity index is 1.80. The SMILES string of the molecule is O=C1Nc2ccc(Br)cc2C1NCc1ccccc1F. The first-order valence-corrected chi connectivity index (χ1v) is 7.01. The van der Waals surface area contributed by atoms with Gasteiger partial charge in [0.25, 0.3) is 0 Å². The van der Waals surface area contributed by atoms with Crippen LogP contribution in [-0.2, 0) is 11.3 Å². The first-order valence-electron chi connectivity index (χ1n) is 6.22. The largest absolute Gasteiger partial charge is 0.324 e. The molecule has 3 nitrogen and oxygen atoms in total. The van der Waals surface area contributed by atoms with E-state index in [1.165, 1.54) is 6.07 Å². The Morgan fingerprint density at radius 3 is 2.85 bits per heavy atom. The van der Waals surface area contributed by atoms with Gasteiger partial charge in [0.1, 0.15) is 11.9 Å². The molecule has 3 rings (SSSR count). The van der Waals surface area contributed by atoms with Crippen molar-refractivity contribution in [2.75, 3.05) is 5.32 Å². The van der Waals surface area contributed by atoms with Crippen molar-refractivity contribution < 1.29 is 9.18 Å². The summed E-state index contributed by atoms with van der Waals surface area (Å²) < 4.78 is 14.5. The highest BCUT2D eigenvalue weighted by Crippen LogP contribution is 2.33. The van der Waals surface area contributed by atoms with Gasteiger partial charge in [0.15, 0.2) is 0 Å². The van der Waals surface area contributed by atoms with Gasteiger partial charge in [0.2, 0.25) is 5.91 Å². The smallest absolute Gasteiger partial charge is 0.246 e. The molecule has 1 aliphatic rings. The molecular formula is C15H12BrFN2O. The van der Waals surface area contributed by atoms with E-state index in [2.05, 4.69) is 26.6 Å². The van der Waals surface area contributed by atoms with Crippen molar-refractivity contribution in [3.8, 4) is 0 Å². The van der Waals surface area contributed by atoms with Crippen molar-refractivity contribution >= 4 is 27.5 Å². The molecule has 2 aromatic carbocycles. The van der Waals surface area contributed by atoms with E-state index in [0.717, 1.165) is 15.7 Å². The number of hydrogen-bond donors (Lipinski definition) is 2. The Kier molecular flexibility index (Phi) is 3.54. The van der Waals surface area contributed by atoms with Gasteiger partial charge in [-0.1, -0.05) is 34.1 Å². The molecule has 0 saturated carbocycles. The molecule has 1 amide bonds. The van der Waals surface area contributed by atoms with Crippen LogP contribution >= 0.6 is 15.9 Å². The van der Waals surface area contributed by atoms with Crippen LogP contribution in [0, 0.1) is 5.82 Å². The first-order chi connectivity index (χ1) is 9.65. The van der Waals surface area contributed by atoms with Gasteiger partial charge in [0, 0.05) is 27.8 Å². The van der Waals surface area contributed by atoms with Crippen molar-refractivity contribution in [3.63, 3.8) is 0 Å². The molecule has 0 radical (unpaired) electrons. The monoisotopic (exact) mass is 334 g/mol. The number of benzene rings is 2. The third-order valence-corrected chi connectivity index (χ3v) is 3.79. The van der Waals surface area contributed by atoms with Gasteiger partial charge in [-0.2, -0.15) is 0 Å². The Hall–Kier alpha value is -1.72. The highest BCUT2D eigenvalue weighted by atomic mass is 79.9. The number of hydrogen-bond acceptors (Lipinski definition) is 2. The fourth-order valence-corrected chi connectivity index (χ4v) is 2.67. The van der Waals surface area contributed by atoms with E-state index in [1.54, 1.807) is 18.2 Å². The van der Waals surface area contributed by atoms with Gasteiger partial charge >= 0.3 is 0 Å². The van der Waals surface area contributed by atoms with Gasteiger partial charge in [-0.25, -0.2) is 4.39 Å². The third-order valence-electron chi connectivity index (χ3n) is 3.30. The molecule has 2 aromatic rings. The Morgan fingerprint density at radius 1 is 1.25 bits per heavy atom. The van der Waals surface area contributed by atoms with Crippen LogP contribution in [0.5, 0.6) is 0 Å². The number of anilines is 1. The number of rotatable bonds is 3. The highest BCUT2D eigenvalue weighted by Gasteiger charge is 2.30. The van der Waals surface area contributed by atoms with E-state index in [1.807, 2.05) is 18.2 Å². The number of amides is 1. The van der Waals surface area contributed by atoms with E-state index < -0.39 is 6.04 Å². The van der Waals surface area contributed by atoms with Gasteiger partial charge in [-0.05, 0) is 24.3 Å². The van der Waals surface area contributed by atoms with E-state index >= 15 is 0 Å². The minimum absolute atomic E-state index is 0.116. The lowest BCUT2D eigenvalue weighted by molar-refractivity contribution is -0.117. The fourth-order valence-electron chi connectivity index (χ4n) is 2.29. The molecule has 0 saturated heterocycles. The van der Waals surface area contributed by atoms with Crippen LogP contribution in [0.25, 0.3) is 0 Å². The van der Waals surface area contributed by atoms with E-state index in [0.29, 0.717) is 12.1 Å². The molecule has 102 valence electrons. The van der Waals surface area contributed by atoms with Crippen LogP contribution in [0.15, 0.2) is 46.9 Å². The second-order valence-electron chi connectivity index (χ2n) is 4.63. The van der Waals surface area contributed by atoms with Crippen molar-refractivity contribution in [2.45, 2.75) is 12.6 Å². The summed E-state index contributed by atoms with van der Waals surface area (Å²) in [4.78, 5) is 12.0. The normalized spacial score (nSPS) is 16.9. The average molecular weight is 335 g/mol. The number of halogens is 2. The molecule has 20 heavy (non-hydrogen) atoms. The lowest BCUT2D eigenvalue weighted by Crippen LogP contribution is -2.27. The van der Waals surface area contributed by atoms with Crippen LogP contribution in [0.4, 0.5) is 10.1 Å². The molecule has 0 spiro atoms. The molecule has 0 aliphatic carbocycles. The molecule has 1 atom stereocenters. The summed E-state index contributed by atoms with van der Waals surface area (Å²) in [5.74, 6) is -0.387. The molecule has 2 N–H and O–H groups in total. The van der Waals surface area contributed by atoms with Gasteiger partial charge in [-0.3, -0.25) is 10.1 Å². The maximum Gasteiger partial charge on any atom is 0.246 e. The first kappa shape index (κ1) is 13.3. The van der Waals surface area contributed by atoms with Crippen LogP contribution in [0.2, 0.25) is 0 Å². The second-order valence-corrected chi connectivity index (χ2v) is 5.54. The van der Waals surface area contributed by atoms with Crippen molar-refractivity contribution in [1.29, 1.82) is 0 Å². The zero-order chi connectivity index (χ0) is 14.1. The van der Waals surface area contributed by atoms with E-state index in [4.69, 9.17) is 0 Å². The van der Waals surface area contributed by atoms with Gasteiger partial charge in [0.05, 0.1) is 0 Å². The zero-order valence-electron chi connectivity index (χ0n) is 10.5. The molecule has 1 heterocycles. The maximum atomic E-state index is 13.6. The van der Waals surface area contributed by atoms with Crippen molar-refractivity contribution in [1.82, 2.24) is 5.32 Å². The van der Waals surface area contributed by atoms with Crippen LogP contribution < -0.4 is 10.6 Å². The predicted molar refractivity (Wildman–Crippen MR) is 78.8 cm³/mol. The molecule has 0 bridgehead atoms. The number of fused-ring (bicyclic) bond motifs is 1. The Morgan fingerprint density at radius 2 is 2.05 bits per heavy atom. The minimum atomic E-state index is -0.456. The molecular weight excluding hydrogens is 323 g/mol. The van der Waals surface area contributed by atoms with E-state index in [9.17, 15) is 9.18 Å². The van der Waals surface area contributed by atoms with Gasteiger partial charge < -0.3 is 5.32 Å². The highest BCUT2D eigenvalue weighted by molar-refractivity contribution is 9.10.